The van der Waals surface area contributed by atoms with Gasteiger partial charge in [0.05, 0.1) is 30.7 Å². The minimum atomic E-state index is -1.52. The molecule has 2 heterocycles. The van der Waals surface area contributed by atoms with Crippen LogP contribution < -0.4 is 14.4 Å². The number of amides is 1. The van der Waals surface area contributed by atoms with Gasteiger partial charge in [0.1, 0.15) is 23.0 Å². The van der Waals surface area contributed by atoms with Gasteiger partial charge in [-0.3, -0.25) is 14.4 Å². The van der Waals surface area contributed by atoms with Crippen LogP contribution in [0.25, 0.3) is 0 Å². The van der Waals surface area contributed by atoms with Gasteiger partial charge in [-0.25, -0.2) is 4.21 Å². The van der Waals surface area contributed by atoms with Gasteiger partial charge in [-0.05, 0) is 111 Å². The number of rotatable bonds is 13. The number of nitrogens with one attached hydrogen (secondary N) is 1. The predicted octanol–water partition coefficient (Wildman–Crippen LogP) is 6.60. The van der Waals surface area contributed by atoms with Crippen molar-refractivity contribution < 1.29 is 23.3 Å². The van der Waals surface area contributed by atoms with E-state index >= 15 is 0 Å². The second-order valence-electron chi connectivity index (χ2n) is 15.5. The molecule has 9 nitrogen and oxygen atoms in total. The maximum absolute atomic E-state index is 13.5. The van der Waals surface area contributed by atoms with E-state index in [1.54, 1.807) is 13.2 Å². The average molecular weight is 757 g/mol. The molecule has 2 bridgehead atoms. The number of anilines is 1. The summed E-state index contributed by atoms with van der Waals surface area (Å²) in [5, 5.41) is 0.569. The van der Waals surface area contributed by atoms with Crippen molar-refractivity contribution >= 4 is 40.5 Å². The Balaban J connectivity index is 1.47. The quantitative estimate of drug-likeness (QED) is 0.229. The number of benzene rings is 2. The first-order chi connectivity index (χ1) is 25.1. The summed E-state index contributed by atoms with van der Waals surface area (Å²) in [4.78, 5) is 32.5. The van der Waals surface area contributed by atoms with E-state index < -0.39 is 11.0 Å². The summed E-state index contributed by atoms with van der Waals surface area (Å²) in [5.41, 5.74) is 3.95. The van der Waals surface area contributed by atoms with Crippen molar-refractivity contribution in [2.24, 2.45) is 23.7 Å². The first kappa shape index (κ1) is 40.7. The molecule has 52 heavy (non-hydrogen) atoms. The molecule has 7 unspecified atom stereocenters. The molecule has 3 aliphatic rings. The fourth-order valence-electron chi connectivity index (χ4n) is 8.38. The predicted molar refractivity (Wildman–Crippen MR) is 212 cm³/mol. The lowest BCUT2D eigenvalue weighted by atomic mass is 9.65. The monoisotopic (exact) mass is 756 g/mol. The maximum atomic E-state index is 13.5. The number of hydrogen-bond donors (Lipinski definition) is 1. The Hall–Kier alpha value is -2.50. The van der Waals surface area contributed by atoms with Crippen LogP contribution in [0.1, 0.15) is 86.7 Å². The average Bonchev–Trinajstić information content (AvgIpc) is 3.29. The van der Waals surface area contributed by atoms with Crippen LogP contribution in [0.5, 0.6) is 5.75 Å². The van der Waals surface area contributed by atoms with E-state index in [4.69, 9.17) is 21.1 Å². The molecule has 11 heteroatoms. The number of aryl methyl sites for hydroxylation is 1. The van der Waals surface area contributed by atoms with Crippen LogP contribution in [-0.2, 0) is 26.9 Å². The largest absolute Gasteiger partial charge is 0.491 e. The van der Waals surface area contributed by atoms with Gasteiger partial charge in [-0.15, -0.1) is 0 Å². The van der Waals surface area contributed by atoms with Crippen LogP contribution in [-0.4, -0.2) is 105 Å². The lowest BCUT2D eigenvalue weighted by Gasteiger charge is -2.46. The van der Waals surface area contributed by atoms with Gasteiger partial charge in [0.25, 0.3) is 5.91 Å². The Labute approximate surface area is 319 Å². The maximum Gasteiger partial charge on any atom is 0.263 e. The van der Waals surface area contributed by atoms with E-state index in [0.717, 1.165) is 101 Å². The first-order valence-electron chi connectivity index (χ1n) is 19.5. The summed E-state index contributed by atoms with van der Waals surface area (Å²) < 4.78 is 28.1. The number of carbonyl (C=O) groups is 2. The van der Waals surface area contributed by atoms with Crippen molar-refractivity contribution in [2.45, 2.75) is 76.9 Å². The van der Waals surface area contributed by atoms with Crippen LogP contribution in [0.15, 0.2) is 36.4 Å². The molecule has 1 aliphatic carbocycles. The normalized spacial score (nSPS) is 27.0. The van der Waals surface area contributed by atoms with Crippen LogP contribution in [0.3, 0.4) is 0 Å². The molecule has 0 radical (unpaired) electrons. The summed E-state index contributed by atoms with van der Waals surface area (Å²) in [6, 6.07) is 11.9. The highest BCUT2D eigenvalue weighted by molar-refractivity contribution is 7.84. The zero-order chi connectivity index (χ0) is 37.2. The third-order valence-corrected chi connectivity index (χ3v) is 13.7. The number of hydrogen-bond acceptors (Lipinski definition) is 8. The van der Waals surface area contributed by atoms with Gasteiger partial charge < -0.3 is 24.1 Å². The highest BCUT2D eigenvalue weighted by Gasteiger charge is 2.40. The first-order valence-corrected chi connectivity index (χ1v) is 21.1. The Morgan fingerprint density at radius 3 is 2.63 bits per heavy atom. The molecule has 1 saturated carbocycles. The summed E-state index contributed by atoms with van der Waals surface area (Å²) in [6.07, 6.45) is 8.37. The number of aldehydes is 1. The molecule has 288 valence electrons. The number of fused-ring (bicyclic) bond motifs is 2. The van der Waals surface area contributed by atoms with E-state index in [2.05, 4.69) is 52.4 Å². The molecule has 0 aromatic heterocycles. The third-order valence-electron chi connectivity index (χ3n) is 11.9. The van der Waals surface area contributed by atoms with Crippen molar-refractivity contribution in [3.63, 3.8) is 0 Å². The lowest BCUT2D eigenvalue weighted by Crippen LogP contribution is -2.46. The van der Waals surface area contributed by atoms with Gasteiger partial charge in [0.2, 0.25) is 0 Å². The van der Waals surface area contributed by atoms with Crippen molar-refractivity contribution in [1.29, 1.82) is 0 Å². The summed E-state index contributed by atoms with van der Waals surface area (Å²) >= 11 is 6.49. The second kappa shape index (κ2) is 19.7. The number of methoxy groups -OCH3 is 1. The zero-order valence-electron chi connectivity index (χ0n) is 32.0. The molecular weight excluding hydrogens is 696 g/mol. The number of halogens is 1. The Kier molecular flexibility index (Phi) is 15.4. The van der Waals surface area contributed by atoms with E-state index in [1.807, 2.05) is 25.1 Å². The summed E-state index contributed by atoms with van der Waals surface area (Å²) in [6.45, 7) is 13.1. The van der Waals surface area contributed by atoms with Crippen LogP contribution in [0.4, 0.5) is 5.69 Å². The number of carbonyl (C=O) groups excluding carboxylic acids is 2. The Morgan fingerprint density at radius 2 is 1.90 bits per heavy atom. The molecule has 2 aromatic rings. The molecule has 5 rings (SSSR count). The molecule has 2 aliphatic heterocycles. The zero-order valence-corrected chi connectivity index (χ0v) is 33.6. The van der Waals surface area contributed by atoms with E-state index in [1.165, 1.54) is 17.5 Å². The third kappa shape index (κ3) is 10.6. The van der Waals surface area contributed by atoms with Crippen LogP contribution >= 0.6 is 11.6 Å². The molecule has 0 spiro atoms. The minimum absolute atomic E-state index is 0.122. The highest BCUT2D eigenvalue weighted by atomic mass is 35.5. The van der Waals surface area contributed by atoms with Gasteiger partial charge in [0.15, 0.2) is 0 Å². The smallest absolute Gasteiger partial charge is 0.263 e. The van der Waals surface area contributed by atoms with Gasteiger partial charge in [0, 0.05) is 62.9 Å². The van der Waals surface area contributed by atoms with Gasteiger partial charge >= 0.3 is 0 Å². The molecule has 0 saturated heterocycles. The number of ether oxygens (including phenoxy) is 2. The molecular formula is C41H61ClN4O5S. The van der Waals surface area contributed by atoms with Gasteiger partial charge in [-0.2, -0.15) is 0 Å². The van der Waals surface area contributed by atoms with Crippen molar-refractivity contribution in [2.75, 3.05) is 78.1 Å². The standard InChI is InChI=1S/C41H61ClN4O5S/c1-6-8-31-23-36(42)13-15-37(31)35-27-46-26-34-11-14-38(34)33(25-45(19-21-47)18-17-44(4)20-22-50-5)10-7-9-29(2)30(3)52(49)43-41(48)32-12-16-40(51-28-35)39(46)24-32/h12-13,15-16,21,23-24,29-30,33-35,38H,6-11,14,17-20,22,25-28H2,1-5H3,(H,43,48). The van der Waals surface area contributed by atoms with Crippen LogP contribution in [0, 0.1) is 23.7 Å². The fraction of sp³-hybridized carbons (Fsp3) is 0.659. The summed E-state index contributed by atoms with van der Waals surface area (Å²) in [7, 11) is 2.32. The van der Waals surface area contributed by atoms with E-state index in [0.29, 0.717) is 43.1 Å². The number of likely N-dealkylation sites (N-methyl/N-ethyl adjacent to an activating group) is 1. The number of nitrogens with zero attached hydrogens (tertiary/aromatic N) is 3. The fourth-order valence-corrected chi connectivity index (χ4v) is 9.62. The van der Waals surface area contributed by atoms with E-state index in [9.17, 15) is 13.8 Å². The van der Waals surface area contributed by atoms with Gasteiger partial charge in [-0.1, -0.05) is 44.4 Å². The van der Waals surface area contributed by atoms with Crippen molar-refractivity contribution in [3.05, 3.63) is 58.1 Å². The van der Waals surface area contributed by atoms with Crippen molar-refractivity contribution in [1.82, 2.24) is 14.5 Å². The summed E-state index contributed by atoms with van der Waals surface area (Å²) in [5.74, 6) is 2.22. The molecule has 1 fully saturated rings. The Bertz CT molecular complexity index is 1510. The highest BCUT2D eigenvalue weighted by Crippen LogP contribution is 2.45. The van der Waals surface area contributed by atoms with Crippen molar-refractivity contribution in [3.8, 4) is 5.75 Å². The van der Waals surface area contributed by atoms with E-state index in [-0.39, 0.29) is 23.0 Å². The Morgan fingerprint density at radius 1 is 1.08 bits per heavy atom. The minimum Gasteiger partial charge on any atom is -0.491 e. The SMILES string of the molecule is CCCc1cc(Cl)ccc1C1COc2ccc3cc2N(C1)CC1CCC1C(CN(CC=O)CCN(C)CCOC)CCCC(C)C(C)S(=O)NC3=O. The molecule has 2 aromatic carbocycles. The molecule has 7 atom stereocenters. The second-order valence-corrected chi connectivity index (χ2v) is 17.5. The van der Waals surface area contributed by atoms with Crippen LogP contribution in [0.2, 0.25) is 5.02 Å². The molecule has 1 N–H and O–H groups in total. The molecule has 1 amide bonds. The topological polar surface area (TPSA) is 91.4 Å². The lowest BCUT2D eigenvalue weighted by molar-refractivity contribution is -0.109.